The molecule has 46 heavy (non-hydrogen) atoms. The Morgan fingerprint density at radius 2 is 1.35 bits per heavy atom. The number of rotatable bonds is 13. The first kappa shape index (κ1) is 34.2. The maximum atomic E-state index is 14.4. The molecular formula is C35H36F3N3O4S. The maximum absolute atomic E-state index is 14.4. The van der Waals surface area contributed by atoms with E-state index in [4.69, 9.17) is 0 Å². The fourth-order valence-corrected chi connectivity index (χ4v) is 6.27. The number of benzene rings is 4. The molecule has 0 aliphatic carbocycles. The van der Waals surface area contributed by atoms with Crippen LogP contribution in [-0.2, 0) is 38.8 Å². The van der Waals surface area contributed by atoms with Gasteiger partial charge in [0.05, 0.1) is 16.1 Å². The lowest BCUT2D eigenvalue weighted by atomic mass is 10.0. The van der Waals surface area contributed by atoms with E-state index < -0.39 is 46.2 Å². The van der Waals surface area contributed by atoms with Crippen LogP contribution in [0.5, 0.6) is 0 Å². The lowest BCUT2D eigenvalue weighted by Crippen LogP contribution is -2.53. The van der Waals surface area contributed by atoms with Gasteiger partial charge in [0.2, 0.25) is 11.8 Å². The number of hydrogen-bond acceptors (Lipinski definition) is 4. The zero-order chi connectivity index (χ0) is 33.3. The molecule has 2 amide bonds. The van der Waals surface area contributed by atoms with Crippen molar-refractivity contribution in [2.45, 2.75) is 43.9 Å². The predicted octanol–water partition coefficient (Wildman–Crippen LogP) is 6.31. The van der Waals surface area contributed by atoms with Gasteiger partial charge in [-0.05, 0) is 47.4 Å². The molecule has 242 valence electrons. The smallest absolute Gasteiger partial charge is 0.354 e. The Bertz CT molecular complexity index is 1700. The van der Waals surface area contributed by atoms with Crippen molar-refractivity contribution < 1.29 is 31.2 Å². The summed E-state index contributed by atoms with van der Waals surface area (Å²) >= 11 is 0. The number of halogens is 3. The Morgan fingerprint density at radius 3 is 1.91 bits per heavy atom. The highest BCUT2D eigenvalue weighted by Crippen LogP contribution is 2.33. The number of carbonyl (C=O) groups is 2. The van der Waals surface area contributed by atoms with Gasteiger partial charge in [0.25, 0.3) is 10.0 Å². The van der Waals surface area contributed by atoms with E-state index in [1.807, 2.05) is 44.2 Å². The van der Waals surface area contributed by atoms with Crippen molar-refractivity contribution in [2.75, 3.05) is 17.4 Å². The van der Waals surface area contributed by atoms with Gasteiger partial charge in [-0.3, -0.25) is 13.9 Å². The first-order valence-corrected chi connectivity index (χ1v) is 16.2. The van der Waals surface area contributed by atoms with Crippen molar-refractivity contribution in [1.82, 2.24) is 10.2 Å². The summed E-state index contributed by atoms with van der Waals surface area (Å²) in [6.07, 6.45) is -4.63. The SMILES string of the molecule is CC(C)CNC(=O)[C@@H](Cc1ccccc1)N(Cc1ccccc1)C(=O)CN(c1cccc(C(F)(F)F)c1)S(=O)(=O)c1ccccc1. The van der Waals surface area contributed by atoms with Crippen molar-refractivity contribution in [3.05, 3.63) is 132 Å². The summed E-state index contributed by atoms with van der Waals surface area (Å²) in [5.41, 5.74) is 0.0456. The number of nitrogens with one attached hydrogen (secondary N) is 1. The first-order valence-electron chi connectivity index (χ1n) is 14.8. The zero-order valence-corrected chi connectivity index (χ0v) is 26.3. The predicted molar refractivity (Wildman–Crippen MR) is 171 cm³/mol. The second-order valence-corrected chi connectivity index (χ2v) is 13.1. The van der Waals surface area contributed by atoms with Gasteiger partial charge in [-0.25, -0.2) is 8.42 Å². The highest BCUT2D eigenvalue weighted by Gasteiger charge is 2.36. The second kappa shape index (κ2) is 15.1. The van der Waals surface area contributed by atoms with Crippen LogP contribution in [0, 0.1) is 5.92 Å². The van der Waals surface area contributed by atoms with E-state index in [0.717, 1.165) is 17.7 Å². The average molecular weight is 652 g/mol. The number of hydrogen-bond donors (Lipinski definition) is 1. The van der Waals surface area contributed by atoms with E-state index in [0.29, 0.717) is 22.5 Å². The van der Waals surface area contributed by atoms with Crippen LogP contribution >= 0.6 is 0 Å². The molecule has 4 rings (SSSR count). The number of nitrogens with zero attached hydrogens (tertiary/aromatic N) is 2. The standard InChI is InChI=1S/C35H36F3N3O4S/c1-26(2)23-39-34(43)32(21-27-13-6-3-7-14-27)40(24-28-15-8-4-9-16-28)33(42)25-41(46(44,45)31-19-10-5-11-20-31)30-18-12-17-29(22-30)35(36,37)38/h3-20,22,26,32H,21,23-25H2,1-2H3,(H,39,43)/t32-/m1/s1. The number of carbonyl (C=O) groups excluding carboxylic acids is 2. The molecule has 0 aromatic heterocycles. The minimum absolute atomic E-state index is 0.0475. The van der Waals surface area contributed by atoms with Crippen LogP contribution in [0.15, 0.2) is 120 Å². The Hall–Kier alpha value is -4.64. The Kier molecular flexibility index (Phi) is 11.2. The van der Waals surface area contributed by atoms with E-state index in [-0.39, 0.29) is 29.5 Å². The summed E-state index contributed by atoms with van der Waals surface area (Å²) in [6, 6.07) is 27.9. The molecule has 0 fully saturated rings. The molecule has 7 nitrogen and oxygen atoms in total. The largest absolute Gasteiger partial charge is 0.416 e. The number of sulfonamides is 1. The van der Waals surface area contributed by atoms with Crippen LogP contribution in [-0.4, -0.2) is 44.3 Å². The summed E-state index contributed by atoms with van der Waals surface area (Å²) in [5, 5.41) is 2.90. The third-order valence-corrected chi connectivity index (χ3v) is 9.01. The molecule has 0 aliphatic heterocycles. The van der Waals surface area contributed by atoms with Crippen molar-refractivity contribution in [1.29, 1.82) is 0 Å². The van der Waals surface area contributed by atoms with Crippen LogP contribution in [0.4, 0.5) is 18.9 Å². The molecule has 4 aromatic carbocycles. The van der Waals surface area contributed by atoms with Gasteiger partial charge in [-0.15, -0.1) is 0 Å². The summed E-state index contributed by atoms with van der Waals surface area (Å²) in [4.78, 5) is 29.2. The summed E-state index contributed by atoms with van der Waals surface area (Å²) in [5.74, 6) is -1.08. The van der Waals surface area contributed by atoms with Gasteiger partial charge in [0.1, 0.15) is 12.6 Å². The normalized spacial score (nSPS) is 12.4. The molecule has 4 aromatic rings. The van der Waals surface area contributed by atoms with Crippen molar-refractivity contribution in [3.8, 4) is 0 Å². The van der Waals surface area contributed by atoms with Crippen LogP contribution in [0.1, 0.15) is 30.5 Å². The van der Waals surface area contributed by atoms with Gasteiger partial charge in [-0.1, -0.05) is 98.8 Å². The fourth-order valence-electron chi connectivity index (χ4n) is 4.84. The molecule has 0 heterocycles. The van der Waals surface area contributed by atoms with E-state index in [1.165, 1.54) is 35.2 Å². The van der Waals surface area contributed by atoms with Gasteiger partial charge < -0.3 is 10.2 Å². The van der Waals surface area contributed by atoms with E-state index in [9.17, 15) is 31.2 Å². The minimum Gasteiger partial charge on any atom is -0.354 e. The van der Waals surface area contributed by atoms with E-state index in [2.05, 4.69) is 5.32 Å². The average Bonchev–Trinajstić information content (AvgIpc) is 3.05. The Labute approximate surface area is 267 Å². The Balaban J connectivity index is 1.82. The third kappa shape index (κ3) is 8.97. The highest BCUT2D eigenvalue weighted by molar-refractivity contribution is 7.92. The zero-order valence-electron chi connectivity index (χ0n) is 25.5. The van der Waals surface area contributed by atoms with E-state index in [1.54, 1.807) is 36.4 Å². The van der Waals surface area contributed by atoms with Crippen molar-refractivity contribution in [3.63, 3.8) is 0 Å². The molecule has 11 heteroatoms. The van der Waals surface area contributed by atoms with Gasteiger partial charge in [-0.2, -0.15) is 13.2 Å². The number of anilines is 1. The van der Waals surface area contributed by atoms with E-state index >= 15 is 0 Å². The number of amides is 2. The fraction of sp³-hybridized carbons (Fsp3) is 0.257. The van der Waals surface area contributed by atoms with Gasteiger partial charge in [0, 0.05) is 19.5 Å². The van der Waals surface area contributed by atoms with Gasteiger partial charge >= 0.3 is 6.18 Å². The molecule has 0 aliphatic rings. The molecule has 0 radical (unpaired) electrons. The Morgan fingerprint density at radius 1 is 0.783 bits per heavy atom. The number of alkyl halides is 3. The summed E-state index contributed by atoms with van der Waals surface area (Å²) < 4.78 is 69.8. The molecule has 0 unspecified atom stereocenters. The van der Waals surface area contributed by atoms with Crippen LogP contribution < -0.4 is 9.62 Å². The second-order valence-electron chi connectivity index (χ2n) is 11.2. The van der Waals surface area contributed by atoms with Crippen molar-refractivity contribution >= 4 is 27.5 Å². The molecular weight excluding hydrogens is 615 g/mol. The van der Waals surface area contributed by atoms with Crippen LogP contribution in [0.3, 0.4) is 0 Å². The molecule has 1 N–H and O–H groups in total. The van der Waals surface area contributed by atoms with Gasteiger partial charge in [0.15, 0.2) is 0 Å². The van der Waals surface area contributed by atoms with Crippen LogP contribution in [0.2, 0.25) is 0 Å². The molecule has 0 bridgehead atoms. The molecule has 0 saturated heterocycles. The topological polar surface area (TPSA) is 86.8 Å². The summed E-state index contributed by atoms with van der Waals surface area (Å²) in [7, 11) is -4.53. The highest BCUT2D eigenvalue weighted by atomic mass is 32.2. The quantitative estimate of drug-likeness (QED) is 0.184. The van der Waals surface area contributed by atoms with Crippen LogP contribution in [0.25, 0.3) is 0 Å². The third-order valence-electron chi connectivity index (χ3n) is 7.22. The monoisotopic (exact) mass is 651 g/mol. The first-order chi connectivity index (χ1) is 21.9. The lowest BCUT2D eigenvalue weighted by molar-refractivity contribution is -0.140. The molecule has 1 atom stereocenters. The molecule has 0 saturated carbocycles. The molecule has 0 spiro atoms. The summed E-state index contributed by atoms with van der Waals surface area (Å²) in [6.45, 7) is 3.31. The van der Waals surface area contributed by atoms with Crippen molar-refractivity contribution in [2.24, 2.45) is 5.92 Å². The maximum Gasteiger partial charge on any atom is 0.416 e. The minimum atomic E-state index is -4.75. The lowest BCUT2D eigenvalue weighted by Gasteiger charge is -2.34.